The van der Waals surface area contributed by atoms with Crippen LogP contribution in [0.25, 0.3) is 10.6 Å². The van der Waals surface area contributed by atoms with Gasteiger partial charge in [0.15, 0.2) is 0 Å². The monoisotopic (exact) mass is 343 g/mol. The van der Waals surface area contributed by atoms with Gasteiger partial charge in [-0.25, -0.2) is 4.98 Å². The maximum absolute atomic E-state index is 12.1. The van der Waals surface area contributed by atoms with Crippen molar-refractivity contribution in [1.82, 2.24) is 10.3 Å². The molecule has 0 unspecified atom stereocenters. The molecule has 1 fully saturated rings. The third kappa shape index (κ3) is 4.41. The van der Waals surface area contributed by atoms with E-state index in [0.717, 1.165) is 34.8 Å². The average Bonchev–Trinajstić information content (AvgIpc) is 3.19. The molecule has 1 aromatic heterocycles. The first-order chi connectivity index (χ1) is 11.6. The molecule has 5 nitrogen and oxygen atoms in total. The molecular weight excluding hydrogens is 322 g/mol. The predicted octanol–water partition coefficient (Wildman–Crippen LogP) is 3.37. The van der Waals surface area contributed by atoms with Crippen LogP contribution in [0.15, 0.2) is 29.6 Å². The van der Waals surface area contributed by atoms with Gasteiger partial charge in [0.2, 0.25) is 11.8 Å². The van der Waals surface area contributed by atoms with Crippen molar-refractivity contribution in [2.75, 3.05) is 5.32 Å². The van der Waals surface area contributed by atoms with Crippen LogP contribution in [0.2, 0.25) is 0 Å². The van der Waals surface area contributed by atoms with Crippen molar-refractivity contribution in [3.63, 3.8) is 0 Å². The van der Waals surface area contributed by atoms with Gasteiger partial charge in [0.1, 0.15) is 5.01 Å². The molecule has 1 heterocycles. The standard InChI is InChI=1S/C18H21N3O2S/c1-12(22)19-15-8-6-13(7-9-15)18-21-16(11-24-18)10-17(23)20-14-4-2-3-5-14/h6-9,11,14H,2-5,10H2,1H3,(H,19,22)(H,20,23). The summed E-state index contributed by atoms with van der Waals surface area (Å²) in [4.78, 5) is 27.7. The van der Waals surface area contributed by atoms with Crippen molar-refractivity contribution in [1.29, 1.82) is 0 Å². The number of thiazole rings is 1. The molecule has 1 aliphatic carbocycles. The molecule has 6 heteroatoms. The SMILES string of the molecule is CC(=O)Nc1ccc(-c2nc(CC(=O)NC3CCCC3)cs2)cc1. The summed E-state index contributed by atoms with van der Waals surface area (Å²) in [5, 5.41) is 8.65. The quantitative estimate of drug-likeness (QED) is 0.874. The summed E-state index contributed by atoms with van der Waals surface area (Å²) in [5.41, 5.74) is 2.55. The molecule has 0 saturated heterocycles. The van der Waals surface area contributed by atoms with Crippen molar-refractivity contribution in [3.8, 4) is 10.6 Å². The Morgan fingerprint density at radius 3 is 2.58 bits per heavy atom. The first-order valence-corrected chi connectivity index (χ1v) is 9.10. The van der Waals surface area contributed by atoms with Crippen LogP contribution in [0.1, 0.15) is 38.3 Å². The summed E-state index contributed by atoms with van der Waals surface area (Å²) in [6.07, 6.45) is 4.93. The molecule has 1 saturated carbocycles. The number of carbonyl (C=O) groups is 2. The Kier molecular flexibility index (Phi) is 5.25. The van der Waals surface area contributed by atoms with Crippen LogP contribution < -0.4 is 10.6 Å². The van der Waals surface area contributed by atoms with E-state index in [0.29, 0.717) is 12.5 Å². The molecular formula is C18H21N3O2S. The zero-order valence-corrected chi connectivity index (χ0v) is 14.5. The smallest absolute Gasteiger partial charge is 0.226 e. The summed E-state index contributed by atoms with van der Waals surface area (Å²) in [7, 11) is 0. The fourth-order valence-corrected chi connectivity index (χ4v) is 3.76. The van der Waals surface area contributed by atoms with Gasteiger partial charge in [-0.1, -0.05) is 12.8 Å². The molecule has 2 N–H and O–H groups in total. The Balaban J connectivity index is 1.60. The van der Waals surface area contributed by atoms with Gasteiger partial charge < -0.3 is 10.6 Å². The number of anilines is 1. The lowest BCUT2D eigenvalue weighted by Crippen LogP contribution is -2.33. The zero-order chi connectivity index (χ0) is 16.9. The van der Waals surface area contributed by atoms with Gasteiger partial charge in [0.05, 0.1) is 12.1 Å². The molecule has 1 aromatic carbocycles. The van der Waals surface area contributed by atoms with Crippen LogP contribution in [-0.4, -0.2) is 22.8 Å². The van der Waals surface area contributed by atoms with Gasteiger partial charge in [-0.3, -0.25) is 9.59 Å². The van der Waals surface area contributed by atoms with E-state index in [-0.39, 0.29) is 11.8 Å². The van der Waals surface area contributed by atoms with E-state index >= 15 is 0 Å². The Labute approximate surface area is 145 Å². The topological polar surface area (TPSA) is 71.1 Å². The highest BCUT2D eigenvalue weighted by Gasteiger charge is 2.18. The second-order valence-electron chi connectivity index (χ2n) is 6.13. The van der Waals surface area contributed by atoms with Gasteiger partial charge in [0, 0.05) is 29.6 Å². The second kappa shape index (κ2) is 7.57. The van der Waals surface area contributed by atoms with Gasteiger partial charge in [-0.2, -0.15) is 0 Å². The summed E-state index contributed by atoms with van der Waals surface area (Å²) in [6, 6.07) is 7.89. The Morgan fingerprint density at radius 2 is 1.92 bits per heavy atom. The van der Waals surface area contributed by atoms with Crippen LogP contribution >= 0.6 is 11.3 Å². The number of benzene rings is 1. The number of hydrogen-bond donors (Lipinski definition) is 2. The number of aromatic nitrogens is 1. The van der Waals surface area contributed by atoms with Crippen LogP contribution in [0.4, 0.5) is 5.69 Å². The maximum atomic E-state index is 12.1. The zero-order valence-electron chi connectivity index (χ0n) is 13.7. The van der Waals surface area contributed by atoms with Crippen molar-refractivity contribution >= 4 is 28.8 Å². The largest absolute Gasteiger partial charge is 0.353 e. The Hall–Kier alpha value is -2.21. The minimum atomic E-state index is -0.0902. The molecule has 1 aliphatic rings. The third-order valence-electron chi connectivity index (χ3n) is 4.07. The number of nitrogens with zero attached hydrogens (tertiary/aromatic N) is 1. The highest BCUT2D eigenvalue weighted by molar-refractivity contribution is 7.13. The Morgan fingerprint density at radius 1 is 1.21 bits per heavy atom. The van der Waals surface area contributed by atoms with Crippen LogP contribution in [0.3, 0.4) is 0 Å². The van der Waals surface area contributed by atoms with Gasteiger partial charge in [-0.15, -0.1) is 11.3 Å². The molecule has 126 valence electrons. The van der Waals surface area contributed by atoms with Crippen molar-refractivity contribution in [2.45, 2.75) is 45.1 Å². The van der Waals surface area contributed by atoms with E-state index < -0.39 is 0 Å². The number of carbonyl (C=O) groups excluding carboxylic acids is 2. The summed E-state index contributed by atoms with van der Waals surface area (Å²) in [6.45, 7) is 1.48. The van der Waals surface area contributed by atoms with Crippen LogP contribution in [0.5, 0.6) is 0 Å². The number of nitrogens with one attached hydrogen (secondary N) is 2. The lowest BCUT2D eigenvalue weighted by atomic mass is 10.2. The van der Waals surface area contributed by atoms with Crippen molar-refractivity contribution < 1.29 is 9.59 Å². The molecule has 0 atom stereocenters. The molecule has 2 aromatic rings. The normalized spacial score (nSPS) is 14.5. The van der Waals surface area contributed by atoms with E-state index in [1.54, 1.807) is 0 Å². The van der Waals surface area contributed by atoms with E-state index in [1.807, 2.05) is 29.6 Å². The lowest BCUT2D eigenvalue weighted by molar-refractivity contribution is -0.121. The number of rotatable bonds is 5. The third-order valence-corrected chi connectivity index (χ3v) is 5.01. The predicted molar refractivity (Wildman–Crippen MR) is 96.0 cm³/mol. The van der Waals surface area contributed by atoms with E-state index in [9.17, 15) is 9.59 Å². The number of amides is 2. The average molecular weight is 343 g/mol. The van der Waals surface area contributed by atoms with Gasteiger partial charge in [0.25, 0.3) is 0 Å². The number of hydrogen-bond acceptors (Lipinski definition) is 4. The molecule has 0 spiro atoms. The molecule has 0 radical (unpaired) electrons. The second-order valence-corrected chi connectivity index (χ2v) is 6.99. The van der Waals surface area contributed by atoms with E-state index in [4.69, 9.17) is 0 Å². The van der Waals surface area contributed by atoms with Gasteiger partial charge >= 0.3 is 0 Å². The van der Waals surface area contributed by atoms with Crippen molar-refractivity contribution in [2.24, 2.45) is 0 Å². The summed E-state index contributed by atoms with van der Waals surface area (Å²) >= 11 is 1.53. The van der Waals surface area contributed by atoms with E-state index in [2.05, 4.69) is 15.6 Å². The minimum absolute atomic E-state index is 0.0553. The highest BCUT2D eigenvalue weighted by atomic mass is 32.1. The Bertz CT molecular complexity index is 718. The van der Waals surface area contributed by atoms with Gasteiger partial charge in [-0.05, 0) is 37.1 Å². The first kappa shape index (κ1) is 16.6. The molecule has 0 aliphatic heterocycles. The van der Waals surface area contributed by atoms with Crippen LogP contribution in [0, 0.1) is 0 Å². The fourth-order valence-electron chi connectivity index (χ4n) is 2.93. The minimum Gasteiger partial charge on any atom is -0.353 e. The van der Waals surface area contributed by atoms with Crippen LogP contribution in [-0.2, 0) is 16.0 Å². The first-order valence-electron chi connectivity index (χ1n) is 8.22. The van der Waals surface area contributed by atoms with E-state index in [1.165, 1.54) is 31.1 Å². The highest BCUT2D eigenvalue weighted by Crippen LogP contribution is 2.25. The maximum Gasteiger partial charge on any atom is 0.226 e. The fraction of sp³-hybridized carbons (Fsp3) is 0.389. The molecule has 24 heavy (non-hydrogen) atoms. The van der Waals surface area contributed by atoms with Crippen molar-refractivity contribution in [3.05, 3.63) is 35.3 Å². The summed E-state index contributed by atoms with van der Waals surface area (Å²) in [5.74, 6) is -0.0349. The molecule has 2 amide bonds. The summed E-state index contributed by atoms with van der Waals surface area (Å²) < 4.78 is 0. The molecule has 0 bridgehead atoms. The molecule has 3 rings (SSSR count). The lowest BCUT2D eigenvalue weighted by Gasteiger charge is -2.10.